The third-order valence-corrected chi connectivity index (χ3v) is 3.06. The number of rotatable bonds is 6. The highest BCUT2D eigenvalue weighted by atomic mass is 16.6. The average Bonchev–Trinajstić information content (AvgIpc) is 2.88. The number of hydrogen-bond donors (Lipinski definition) is 1. The first-order valence-electron chi connectivity index (χ1n) is 6.87. The summed E-state index contributed by atoms with van der Waals surface area (Å²) in [6, 6.07) is 4.87. The number of nitro groups is 1. The Labute approximate surface area is 118 Å². The predicted octanol–water partition coefficient (Wildman–Crippen LogP) is 2.51. The van der Waals surface area contributed by atoms with Crippen molar-refractivity contribution in [3.8, 4) is 11.5 Å². The molecule has 6 heteroatoms. The normalized spacial score (nSPS) is 18.2. The van der Waals surface area contributed by atoms with Crippen LogP contribution in [0.5, 0.6) is 11.5 Å². The van der Waals surface area contributed by atoms with E-state index in [0.717, 1.165) is 19.4 Å². The van der Waals surface area contributed by atoms with Gasteiger partial charge in [0.05, 0.1) is 23.2 Å². The number of benzene rings is 1. The molecule has 110 valence electrons. The van der Waals surface area contributed by atoms with Crippen molar-refractivity contribution in [3.63, 3.8) is 0 Å². The van der Waals surface area contributed by atoms with Gasteiger partial charge in [0.25, 0.3) is 5.69 Å². The molecule has 0 aliphatic carbocycles. The van der Waals surface area contributed by atoms with Crippen molar-refractivity contribution in [2.24, 2.45) is 0 Å². The van der Waals surface area contributed by atoms with Crippen LogP contribution in [0.15, 0.2) is 18.2 Å². The molecule has 20 heavy (non-hydrogen) atoms. The van der Waals surface area contributed by atoms with Gasteiger partial charge in [0.1, 0.15) is 18.1 Å². The van der Waals surface area contributed by atoms with Crippen molar-refractivity contribution in [3.05, 3.63) is 28.3 Å². The summed E-state index contributed by atoms with van der Waals surface area (Å²) in [7, 11) is 0. The van der Waals surface area contributed by atoms with E-state index in [2.05, 4.69) is 5.32 Å². The standard InChI is InChI=1S/C14H20N2O4/c1-10(2)20-14-7-12(16(17)18)6-13(8-14)19-9-11-4-3-5-15-11/h6-8,10-11,15H,3-5,9H2,1-2H3. The highest BCUT2D eigenvalue weighted by molar-refractivity contribution is 5.46. The summed E-state index contributed by atoms with van der Waals surface area (Å²) in [6.07, 6.45) is 2.18. The summed E-state index contributed by atoms with van der Waals surface area (Å²) < 4.78 is 11.2. The molecule has 1 unspecified atom stereocenters. The first-order valence-corrected chi connectivity index (χ1v) is 6.87. The monoisotopic (exact) mass is 280 g/mol. The van der Waals surface area contributed by atoms with Crippen molar-refractivity contribution in [1.82, 2.24) is 5.32 Å². The van der Waals surface area contributed by atoms with E-state index in [9.17, 15) is 10.1 Å². The molecule has 1 saturated heterocycles. The molecule has 2 rings (SSSR count). The topological polar surface area (TPSA) is 73.6 Å². The highest BCUT2D eigenvalue weighted by Gasteiger charge is 2.16. The Balaban J connectivity index is 2.08. The van der Waals surface area contributed by atoms with Gasteiger partial charge in [-0.2, -0.15) is 0 Å². The SMILES string of the molecule is CC(C)Oc1cc(OCC2CCCN2)cc([N+](=O)[O-])c1. The van der Waals surface area contributed by atoms with E-state index < -0.39 is 4.92 Å². The first-order chi connectivity index (χ1) is 9.54. The first kappa shape index (κ1) is 14.6. The Bertz CT molecular complexity index is 470. The molecule has 0 spiro atoms. The van der Waals surface area contributed by atoms with Crippen molar-refractivity contribution >= 4 is 5.69 Å². The van der Waals surface area contributed by atoms with Crippen LogP contribution in [-0.2, 0) is 0 Å². The molecular weight excluding hydrogens is 260 g/mol. The molecule has 1 aliphatic heterocycles. The van der Waals surface area contributed by atoms with Gasteiger partial charge in [0.15, 0.2) is 0 Å². The van der Waals surface area contributed by atoms with Crippen LogP contribution >= 0.6 is 0 Å². The molecule has 1 atom stereocenters. The van der Waals surface area contributed by atoms with E-state index in [-0.39, 0.29) is 11.8 Å². The molecule has 0 amide bonds. The van der Waals surface area contributed by atoms with E-state index in [1.54, 1.807) is 6.07 Å². The predicted molar refractivity (Wildman–Crippen MR) is 75.4 cm³/mol. The maximum Gasteiger partial charge on any atom is 0.276 e. The Morgan fingerprint density at radius 2 is 2.15 bits per heavy atom. The summed E-state index contributed by atoms with van der Waals surface area (Å²) in [5.74, 6) is 0.937. The van der Waals surface area contributed by atoms with Gasteiger partial charge in [-0.15, -0.1) is 0 Å². The zero-order chi connectivity index (χ0) is 14.5. The molecule has 0 radical (unpaired) electrons. The minimum Gasteiger partial charge on any atom is -0.492 e. The van der Waals surface area contributed by atoms with Crippen LogP contribution in [0.3, 0.4) is 0 Å². The maximum atomic E-state index is 10.9. The second kappa shape index (κ2) is 6.56. The van der Waals surface area contributed by atoms with Crippen molar-refractivity contribution in [2.75, 3.05) is 13.2 Å². The molecular formula is C14H20N2O4. The lowest BCUT2D eigenvalue weighted by Gasteiger charge is -2.14. The number of ether oxygens (including phenoxy) is 2. The van der Waals surface area contributed by atoms with Crippen LogP contribution in [-0.4, -0.2) is 30.2 Å². The van der Waals surface area contributed by atoms with Gasteiger partial charge in [-0.25, -0.2) is 0 Å². The van der Waals surface area contributed by atoms with Crippen LogP contribution in [0.25, 0.3) is 0 Å². The molecule has 1 aromatic rings. The number of nitro benzene ring substituents is 1. The van der Waals surface area contributed by atoms with Crippen molar-refractivity contribution in [2.45, 2.75) is 38.8 Å². The van der Waals surface area contributed by atoms with Gasteiger partial charge in [-0.3, -0.25) is 10.1 Å². The van der Waals surface area contributed by atoms with Gasteiger partial charge in [0, 0.05) is 12.1 Å². The van der Waals surface area contributed by atoms with E-state index in [1.165, 1.54) is 12.1 Å². The Kier molecular flexibility index (Phi) is 4.79. The number of non-ortho nitro benzene ring substituents is 1. The molecule has 1 aromatic carbocycles. The molecule has 1 N–H and O–H groups in total. The van der Waals surface area contributed by atoms with Gasteiger partial charge in [-0.05, 0) is 33.2 Å². The van der Waals surface area contributed by atoms with Crippen LogP contribution in [0.1, 0.15) is 26.7 Å². The molecule has 1 heterocycles. The zero-order valence-corrected chi connectivity index (χ0v) is 11.8. The van der Waals surface area contributed by atoms with E-state index >= 15 is 0 Å². The summed E-state index contributed by atoms with van der Waals surface area (Å²) in [6.45, 7) is 5.27. The molecule has 0 bridgehead atoms. The Hall–Kier alpha value is -1.82. The third-order valence-electron chi connectivity index (χ3n) is 3.06. The van der Waals surface area contributed by atoms with Crippen LogP contribution in [0, 0.1) is 10.1 Å². The summed E-state index contributed by atoms with van der Waals surface area (Å²) in [5, 5.41) is 14.3. The molecule has 1 fully saturated rings. The van der Waals surface area contributed by atoms with E-state index in [1.807, 2.05) is 13.8 Å². The average molecular weight is 280 g/mol. The van der Waals surface area contributed by atoms with Crippen LogP contribution < -0.4 is 14.8 Å². The van der Waals surface area contributed by atoms with Crippen LogP contribution in [0.4, 0.5) is 5.69 Å². The minimum absolute atomic E-state index is 0.0162. The van der Waals surface area contributed by atoms with Gasteiger partial charge < -0.3 is 14.8 Å². The number of hydrogen-bond acceptors (Lipinski definition) is 5. The van der Waals surface area contributed by atoms with Crippen LogP contribution in [0.2, 0.25) is 0 Å². The number of nitrogens with zero attached hydrogens (tertiary/aromatic N) is 1. The molecule has 1 aliphatic rings. The van der Waals surface area contributed by atoms with Crippen molar-refractivity contribution in [1.29, 1.82) is 0 Å². The van der Waals surface area contributed by atoms with E-state index in [0.29, 0.717) is 24.1 Å². The summed E-state index contributed by atoms with van der Waals surface area (Å²) in [5.41, 5.74) is -0.0162. The Morgan fingerprint density at radius 3 is 2.75 bits per heavy atom. The largest absolute Gasteiger partial charge is 0.492 e. The number of nitrogens with one attached hydrogen (secondary N) is 1. The summed E-state index contributed by atoms with van der Waals surface area (Å²) >= 11 is 0. The fourth-order valence-electron chi connectivity index (χ4n) is 2.18. The molecule has 6 nitrogen and oxygen atoms in total. The lowest BCUT2D eigenvalue weighted by atomic mass is 10.2. The smallest absolute Gasteiger partial charge is 0.276 e. The maximum absolute atomic E-state index is 10.9. The quantitative estimate of drug-likeness (QED) is 0.640. The second-order valence-electron chi connectivity index (χ2n) is 5.19. The van der Waals surface area contributed by atoms with Crippen molar-refractivity contribution < 1.29 is 14.4 Å². The van der Waals surface area contributed by atoms with Gasteiger partial charge in [0.2, 0.25) is 0 Å². The summed E-state index contributed by atoms with van der Waals surface area (Å²) in [4.78, 5) is 10.5. The fourth-order valence-corrected chi connectivity index (χ4v) is 2.18. The minimum atomic E-state index is -0.437. The fraction of sp³-hybridized carbons (Fsp3) is 0.571. The second-order valence-corrected chi connectivity index (χ2v) is 5.19. The van der Waals surface area contributed by atoms with E-state index in [4.69, 9.17) is 9.47 Å². The van der Waals surface area contributed by atoms with Gasteiger partial charge >= 0.3 is 0 Å². The Morgan fingerprint density at radius 1 is 1.40 bits per heavy atom. The van der Waals surface area contributed by atoms with Gasteiger partial charge in [-0.1, -0.05) is 0 Å². The lowest BCUT2D eigenvalue weighted by molar-refractivity contribution is -0.385. The molecule has 0 saturated carbocycles. The lowest BCUT2D eigenvalue weighted by Crippen LogP contribution is -2.28. The molecule has 0 aromatic heterocycles. The third kappa shape index (κ3) is 4.09. The highest BCUT2D eigenvalue weighted by Crippen LogP contribution is 2.28. The zero-order valence-electron chi connectivity index (χ0n) is 11.8.